The zero-order chi connectivity index (χ0) is 13.7. The van der Waals surface area contributed by atoms with Gasteiger partial charge in [0.1, 0.15) is 5.75 Å². The zero-order valence-electron chi connectivity index (χ0n) is 11.7. The van der Waals surface area contributed by atoms with Crippen molar-refractivity contribution in [1.82, 2.24) is 15.5 Å². The van der Waals surface area contributed by atoms with Crippen molar-refractivity contribution < 1.29 is 4.74 Å². The van der Waals surface area contributed by atoms with Gasteiger partial charge in [-0.3, -0.25) is 5.10 Å². The number of H-pyrrole nitrogens is 1. The van der Waals surface area contributed by atoms with E-state index in [-0.39, 0.29) is 6.10 Å². The van der Waals surface area contributed by atoms with Gasteiger partial charge in [-0.2, -0.15) is 5.10 Å². The fourth-order valence-corrected chi connectivity index (χ4v) is 1.84. The van der Waals surface area contributed by atoms with Crippen LogP contribution in [0.2, 0.25) is 0 Å². The second-order valence-electron chi connectivity index (χ2n) is 4.75. The lowest BCUT2D eigenvalue weighted by Gasteiger charge is -2.09. The van der Waals surface area contributed by atoms with Gasteiger partial charge in [0.05, 0.1) is 11.8 Å². The summed E-state index contributed by atoms with van der Waals surface area (Å²) in [5, 5.41) is 10.6. The minimum absolute atomic E-state index is 0.197. The first kappa shape index (κ1) is 13.6. The molecule has 0 radical (unpaired) electrons. The smallest absolute Gasteiger partial charge is 0.119 e. The molecule has 0 amide bonds. The van der Waals surface area contributed by atoms with E-state index in [0.29, 0.717) is 0 Å². The molecule has 0 saturated carbocycles. The molecule has 0 fully saturated rings. The molecule has 0 atom stereocenters. The number of benzene rings is 1. The minimum Gasteiger partial charge on any atom is -0.491 e. The monoisotopic (exact) mass is 259 g/mol. The molecule has 0 aliphatic rings. The Morgan fingerprint density at radius 1 is 1.26 bits per heavy atom. The summed E-state index contributed by atoms with van der Waals surface area (Å²) in [7, 11) is 0. The summed E-state index contributed by atoms with van der Waals surface area (Å²) in [5.41, 5.74) is 3.15. The van der Waals surface area contributed by atoms with Gasteiger partial charge in [-0.15, -0.1) is 0 Å². The molecule has 4 nitrogen and oxygen atoms in total. The average Bonchev–Trinajstić information content (AvgIpc) is 2.85. The highest BCUT2D eigenvalue weighted by Crippen LogP contribution is 2.21. The molecular weight excluding hydrogens is 238 g/mol. The third-order valence-corrected chi connectivity index (χ3v) is 2.72. The van der Waals surface area contributed by atoms with Crippen LogP contribution in [-0.2, 0) is 6.54 Å². The highest BCUT2D eigenvalue weighted by Gasteiger charge is 2.04. The molecule has 102 valence electrons. The normalized spacial score (nSPS) is 10.9. The van der Waals surface area contributed by atoms with Crippen molar-refractivity contribution in [1.29, 1.82) is 0 Å². The summed E-state index contributed by atoms with van der Waals surface area (Å²) in [6, 6.07) is 10.1. The number of nitrogens with one attached hydrogen (secondary N) is 2. The second kappa shape index (κ2) is 6.38. The van der Waals surface area contributed by atoms with Gasteiger partial charge in [0, 0.05) is 17.8 Å². The molecular formula is C15H21N3O. The Hall–Kier alpha value is -1.81. The van der Waals surface area contributed by atoms with Gasteiger partial charge < -0.3 is 10.1 Å². The predicted molar refractivity (Wildman–Crippen MR) is 77.2 cm³/mol. The maximum absolute atomic E-state index is 5.63. The van der Waals surface area contributed by atoms with Crippen LogP contribution >= 0.6 is 0 Å². The molecule has 0 saturated heterocycles. The lowest BCUT2D eigenvalue weighted by atomic mass is 10.1. The van der Waals surface area contributed by atoms with E-state index in [4.69, 9.17) is 4.74 Å². The standard InChI is InChI=1S/C15H21N3O/c1-4-16-10-13-9-15(18-17-13)12-5-7-14(8-6-12)19-11(2)3/h5-9,11,16H,4,10H2,1-3H3,(H,17,18). The molecule has 0 aliphatic carbocycles. The van der Waals surface area contributed by atoms with E-state index in [1.807, 2.05) is 38.1 Å². The first-order valence-corrected chi connectivity index (χ1v) is 6.71. The molecule has 1 heterocycles. The minimum atomic E-state index is 0.197. The molecule has 2 aromatic rings. The number of hydrogen-bond donors (Lipinski definition) is 2. The molecule has 2 rings (SSSR count). The summed E-state index contributed by atoms with van der Waals surface area (Å²) >= 11 is 0. The van der Waals surface area contributed by atoms with Crippen molar-refractivity contribution in [3.63, 3.8) is 0 Å². The van der Waals surface area contributed by atoms with Crippen LogP contribution in [0.1, 0.15) is 26.5 Å². The summed E-state index contributed by atoms with van der Waals surface area (Å²) in [6.07, 6.45) is 0.197. The molecule has 0 bridgehead atoms. The Labute approximate surface area is 114 Å². The van der Waals surface area contributed by atoms with E-state index in [9.17, 15) is 0 Å². The van der Waals surface area contributed by atoms with Crippen LogP contribution in [0.5, 0.6) is 5.75 Å². The lowest BCUT2D eigenvalue weighted by Crippen LogP contribution is -2.11. The quantitative estimate of drug-likeness (QED) is 0.838. The zero-order valence-corrected chi connectivity index (χ0v) is 11.7. The third kappa shape index (κ3) is 3.83. The molecule has 1 aromatic heterocycles. The second-order valence-corrected chi connectivity index (χ2v) is 4.75. The molecule has 0 spiro atoms. The maximum Gasteiger partial charge on any atom is 0.119 e. The number of hydrogen-bond acceptors (Lipinski definition) is 3. The molecule has 4 heteroatoms. The molecule has 0 aliphatic heterocycles. The van der Waals surface area contributed by atoms with Crippen LogP contribution in [0.25, 0.3) is 11.3 Å². The largest absolute Gasteiger partial charge is 0.491 e. The van der Waals surface area contributed by atoms with Crippen molar-refractivity contribution in [2.24, 2.45) is 0 Å². The first-order valence-electron chi connectivity index (χ1n) is 6.71. The Kier molecular flexibility index (Phi) is 4.58. The molecule has 2 N–H and O–H groups in total. The molecule has 0 unspecified atom stereocenters. The summed E-state index contributed by atoms with van der Waals surface area (Å²) < 4.78 is 5.63. The van der Waals surface area contributed by atoms with Crippen molar-refractivity contribution >= 4 is 0 Å². The van der Waals surface area contributed by atoms with Gasteiger partial charge >= 0.3 is 0 Å². The van der Waals surface area contributed by atoms with Crippen molar-refractivity contribution in [3.8, 4) is 17.0 Å². The van der Waals surface area contributed by atoms with Crippen LogP contribution in [0.4, 0.5) is 0 Å². The fraction of sp³-hybridized carbons (Fsp3) is 0.400. The van der Waals surface area contributed by atoms with Gasteiger partial charge in [-0.25, -0.2) is 0 Å². The Balaban J connectivity index is 2.07. The third-order valence-electron chi connectivity index (χ3n) is 2.72. The van der Waals surface area contributed by atoms with Gasteiger partial charge in [0.15, 0.2) is 0 Å². The summed E-state index contributed by atoms with van der Waals surface area (Å²) in [6.45, 7) is 7.90. The van der Waals surface area contributed by atoms with E-state index >= 15 is 0 Å². The molecule has 1 aromatic carbocycles. The van der Waals surface area contributed by atoms with Crippen molar-refractivity contribution in [2.45, 2.75) is 33.4 Å². The molecule has 19 heavy (non-hydrogen) atoms. The number of rotatable bonds is 6. The number of nitrogens with zero attached hydrogens (tertiary/aromatic N) is 1. The van der Waals surface area contributed by atoms with Crippen LogP contribution in [0.3, 0.4) is 0 Å². The van der Waals surface area contributed by atoms with Crippen molar-refractivity contribution in [3.05, 3.63) is 36.0 Å². The van der Waals surface area contributed by atoms with E-state index < -0.39 is 0 Å². The maximum atomic E-state index is 5.63. The highest BCUT2D eigenvalue weighted by molar-refractivity contribution is 5.60. The Morgan fingerprint density at radius 2 is 2.00 bits per heavy atom. The van der Waals surface area contributed by atoms with Gasteiger partial charge in [0.2, 0.25) is 0 Å². The van der Waals surface area contributed by atoms with Crippen LogP contribution in [0.15, 0.2) is 30.3 Å². The van der Waals surface area contributed by atoms with Crippen LogP contribution in [-0.4, -0.2) is 22.8 Å². The van der Waals surface area contributed by atoms with Crippen LogP contribution < -0.4 is 10.1 Å². The van der Waals surface area contributed by atoms with Gasteiger partial charge in [-0.1, -0.05) is 6.92 Å². The summed E-state index contributed by atoms with van der Waals surface area (Å²) in [4.78, 5) is 0. The SMILES string of the molecule is CCNCc1cc(-c2ccc(OC(C)C)cc2)n[nH]1. The lowest BCUT2D eigenvalue weighted by molar-refractivity contribution is 0.242. The van der Waals surface area contributed by atoms with E-state index in [0.717, 1.165) is 35.8 Å². The average molecular weight is 259 g/mol. The number of aromatic nitrogens is 2. The first-order chi connectivity index (χ1) is 9.19. The number of aromatic amines is 1. The number of ether oxygens (including phenoxy) is 1. The van der Waals surface area contributed by atoms with Gasteiger partial charge in [-0.05, 0) is 50.7 Å². The topological polar surface area (TPSA) is 49.9 Å². The van der Waals surface area contributed by atoms with E-state index in [1.54, 1.807) is 0 Å². The predicted octanol–water partition coefficient (Wildman–Crippen LogP) is 2.97. The Morgan fingerprint density at radius 3 is 2.63 bits per heavy atom. The summed E-state index contributed by atoms with van der Waals surface area (Å²) in [5.74, 6) is 0.891. The fourth-order valence-electron chi connectivity index (χ4n) is 1.84. The highest BCUT2D eigenvalue weighted by atomic mass is 16.5. The van der Waals surface area contributed by atoms with Gasteiger partial charge in [0.25, 0.3) is 0 Å². The van der Waals surface area contributed by atoms with Crippen LogP contribution in [0, 0.1) is 0 Å². The van der Waals surface area contributed by atoms with Crippen molar-refractivity contribution in [2.75, 3.05) is 6.54 Å². The van der Waals surface area contributed by atoms with E-state index in [1.165, 1.54) is 0 Å². The van der Waals surface area contributed by atoms with E-state index in [2.05, 4.69) is 28.5 Å². The Bertz CT molecular complexity index is 502.